The van der Waals surface area contributed by atoms with Crippen molar-refractivity contribution >= 4 is 28.7 Å². The molecule has 0 saturated heterocycles. The average molecular weight is 421 g/mol. The van der Waals surface area contributed by atoms with Crippen LogP contribution in [-0.2, 0) is 0 Å². The summed E-state index contributed by atoms with van der Waals surface area (Å²) in [5, 5.41) is 23.6. The number of benzene rings is 2. The molecule has 0 amide bonds. The predicted octanol–water partition coefficient (Wildman–Crippen LogP) is 5.58. The Morgan fingerprint density at radius 1 is 1.23 bits per heavy atom. The zero-order valence-electron chi connectivity index (χ0n) is 16.5. The summed E-state index contributed by atoms with van der Waals surface area (Å²) in [7, 11) is 0. The minimum absolute atomic E-state index is 0.0839. The molecule has 8 heteroatoms. The lowest BCUT2D eigenvalue weighted by Crippen LogP contribution is -2.02. The highest BCUT2D eigenvalue weighted by Gasteiger charge is 2.22. The maximum atomic E-state index is 11.6. The second-order valence-corrected chi connectivity index (χ2v) is 6.92. The Hall–Kier alpha value is -3.70. The van der Waals surface area contributed by atoms with Crippen molar-refractivity contribution < 1.29 is 14.4 Å². The molecule has 3 rings (SSSR count). The number of nitro benzene ring substituents is 1. The Balaban J connectivity index is 2.05. The van der Waals surface area contributed by atoms with Crippen molar-refractivity contribution in [3.05, 3.63) is 68.5 Å². The van der Waals surface area contributed by atoms with Gasteiger partial charge in [-0.2, -0.15) is 5.26 Å². The molecule has 152 valence electrons. The predicted molar refractivity (Wildman–Crippen MR) is 116 cm³/mol. The van der Waals surface area contributed by atoms with Crippen LogP contribution in [0.2, 0.25) is 0 Å². The Morgan fingerprint density at radius 3 is 2.60 bits per heavy atom. The number of nitrogens with zero attached hydrogens (tertiary/aromatic N) is 3. The first-order chi connectivity index (χ1) is 14.6. The second kappa shape index (κ2) is 9.67. The van der Waals surface area contributed by atoms with Gasteiger partial charge in [0, 0.05) is 17.0 Å². The Labute approximate surface area is 178 Å². The lowest BCUT2D eigenvalue weighted by molar-refractivity contribution is -0.386. The third-order valence-electron chi connectivity index (χ3n) is 4.08. The van der Waals surface area contributed by atoms with Crippen LogP contribution in [0.15, 0.2) is 47.8 Å². The van der Waals surface area contributed by atoms with Crippen LogP contribution in [0.25, 0.3) is 22.9 Å². The van der Waals surface area contributed by atoms with E-state index in [-0.39, 0.29) is 23.8 Å². The van der Waals surface area contributed by atoms with Crippen molar-refractivity contribution in [1.29, 1.82) is 5.26 Å². The van der Waals surface area contributed by atoms with Gasteiger partial charge < -0.3 is 9.47 Å². The van der Waals surface area contributed by atoms with Gasteiger partial charge in [0.15, 0.2) is 5.75 Å². The largest absolute Gasteiger partial charge is 0.490 e. The fourth-order valence-corrected chi connectivity index (χ4v) is 3.62. The highest BCUT2D eigenvalue weighted by atomic mass is 32.1. The van der Waals surface area contributed by atoms with E-state index in [0.717, 1.165) is 11.3 Å². The van der Waals surface area contributed by atoms with E-state index < -0.39 is 4.92 Å². The maximum absolute atomic E-state index is 11.6. The quantitative estimate of drug-likeness (QED) is 0.267. The van der Waals surface area contributed by atoms with Crippen molar-refractivity contribution in [2.45, 2.75) is 13.8 Å². The van der Waals surface area contributed by atoms with E-state index in [1.54, 1.807) is 26.0 Å². The number of thiazole rings is 1. The summed E-state index contributed by atoms with van der Waals surface area (Å²) < 4.78 is 11.0. The van der Waals surface area contributed by atoms with Gasteiger partial charge in [-0.15, -0.1) is 11.3 Å². The van der Waals surface area contributed by atoms with E-state index in [4.69, 9.17) is 9.47 Å². The third kappa shape index (κ3) is 4.64. The van der Waals surface area contributed by atoms with Gasteiger partial charge >= 0.3 is 5.69 Å². The highest BCUT2D eigenvalue weighted by molar-refractivity contribution is 7.11. The van der Waals surface area contributed by atoms with Crippen molar-refractivity contribution in [3.63, 3.8) is 0 Å². The van der Waals surface area contributed by atoms with E-state index >= 15 is 0 Å². The maximum Gasteiger partial charge on any atom is 0.315 e. The van der Waals surface area contributed by atoms with Crippen molar-refractivity contribution in [2.75, 3.05) is 13.2 Å². The summed E-state index contributed by atoms with van der Waals surface area (Å²) in [6.45, 7) is 4.11. The smallest absolute Gasteiger partial charge is 0.315 e. The zero-order chi connectivity index (χ0) is 21.5. The van der Waals surface area contributed by atoms with Gasteiger partial charge in [0.2, 0.25) is 5.75 Å². The molecular weight excluding hydrogens is 402 g/mol. The summed E-state index contributed by atoms with van der Waals surface area (Å²) in [6.07, 6.45) is 1.57. The Bertz CT molecular complexity index is 1120. The number of nitriles is 1. The fraction of sp³-hybridized carbons (Fsp3) is 0.182. The summed E-state index contributed by atoms with van der Waals surface area (Å²) in [5.41, 5.74) is 2.28. The molecule has 1 heterocycles. The Morgan fingerprint density at radius 2 is 1.97 bits per heavy atom. The second-order valence-electron chi connectivity index (χ2n) is 6.06. The molecule has 7 nitrogen and oxygen atoms in total. The minimum Gasteiger partial charge on any atom is -0.490 e. The van der Waals surface area contributed by atoms with Crippen LogP contribution in [0, 0.1) is 21.4 Å². The van der Waals surface area contributed by atoms with Gasteiger partial charge in [-0.3, -0.25) is 10.1 Å². The molecule has 0 saturated carbocycles. The van der Waals surface area contributed by atoms with Crippen LogP contribution in [0.5, 0.6) is 11.5 Å². The van der Waals surface area contributed by atoms with Gasteiger partial charge in [-0.25, -0.2) is 4.98 Å². The topological polar surface area (TPSA) is 98.3 Å². The van der Waals surface area contributed by atoms with Gasteiger partial charge in [0.25, 0.3) is 0 Å². The number of nitro groups is 1. The summed E-state index contributed by atoms with van der Waals surface area (Å²) >= 11 is 1.34. The molecule has 0 radical (unpaired) electrons. The van der Waals surface area contributed by atoms with Crippen LogP contribution in [0.4, 0.5) is 5.69 Å². The van der Waals surface area contributed by atoms with Crippen LogP contribution >= 0.6 is 11.3 Å². The summed E-state index contributed by atoms with van der Waals surface area (Å²) in [4.78, 5) is 15.6. The van der Waals surface area contributed by atoms with E-state index in [2.05, 4.69) is 11.1 Å². The highest BCUT2D eigenvalue weighted by Crippen LogP contribution is 2.39. The van der Waals surface area contributed by atoms with E-state index in [1.807, 2.05) is 35.7 Å². The number of rotatable bonds is 8. The number of hydrogen-bond acceptors (Lipinski definition) is 7. The standard InChI is InChI=1S/C22H19N3O4S/c1-3-28-20-12-15(11-19(25(26)27)21(20)29-4-2)10-17(13-23)22-24-18(14-30-22)16-8-6-5-7-9-16/h5-12,14H,3-4H2,1-2H3/b17-10-. The number of hydrogen-bond donors (Lipinski definition) is 0. The molecule has 0 N–H and O–H groups in total. The molecule has 0 bridgehead atoms. The van der Waals surface area contributed by atoms with Crippen LogP contribution < -0.4 is 9.47 Å². The van der Waals surface area contributed by atoms with Crippen molar-refractivity contribution in [1.82, 2.24) is 4.98 Å². The minimum atomic E-state index is -0.520. The molecule has 30 heavy (non-hydrogen) atoms. The first kappa shape index (κ1) is 21.0. The van der Waals surface area contributed by atoms with Crippen molar-refractivity contribution in [3.8, 4) is 28.8 Å². The molecule has 0 aliphatic rings. The molecule has 2 aromatic carbocycles. The lowest BCUT2D eigenvalue weighted by atomic mass is 10.1. The van der Waals surface area contributed by atoms with Crippen LogP contribution in [-0.4, -0.2) is 23.1 Å². The molecule has 3 aromatic rings. The molecule has 0 aliphatic carbocycles. The Kier molecular flexibility index (Phi) is 6.78. The molecule has 0 atom stereocenters. The molecule has 0 spiro atoms. The number of ether oxygens (including phenoxy) is 2. The van der Waals surface area contributed by atoms with E-state index in [9.17, 15) is 15.4 Å². The van der Waals surface area contributed by atoms with Gasteiger partial charge in [0.1, 0.15) is 11.1 Å². The SMILES string of the molecule is CCOc1cc(/C=C(/C#N)c2nc(-c3ccccc3)cs2)cc([N+](=O)[O-])c1OCC. The average Bonchev–Trinajstić information content (AvgIpc) is 3.24. The first-order valence-electron chi connectivity index (χ1n) is 9.28. The lowest BCUT2D eigenvalue weighted by Gasteiger charge is -2.12. The summed E-state index contributed by atoms with van der Waals surface area (Å²) in [6, 6.07) is 14.8. The number of allylic oxidation sites excluding steroid dienone is 1. The van der Waals surface area contributed by atoms with E-state index in [1.165, 1.54) is 17.4 Å². The molecular formula is C22H19N3O4S. The van der Waals surface area contributed by atoms with Crippen molar-refractivity contribution in [2.24, 2.45) is 0 Å². The van der Waals surface area contributed by atoms with Gasteiger partial charge in [-0.05, 0) is 31.6 Å². The molecule has 0 unspecified atom stereocenters. The summed E-state index contributed by atoms with van der Waals surface area (Å²) in [5.74, 6) is 0.349. The van der Waals surface area contributed by atoms with Crippen LogP contribution in [0.3, 0.4) is 0 Å². The monoisotopic (exact) mass is 421 g/mol. The van der Waals surface area contributed by atoms with E-state index in [0.29, 0.717) is 22.8 Å². The number of aromatic nitrogens is 1. The van der Waals surface area contributed by atoms with Crippen LogP contribution in [0.1, 0.15) is 24.4 Å². The molecule has 0 fully saturated rings. The zero-order valence-corrected chi connectivity index (χ0v) is 17.3. The molecule has 1 aromatic heterocycles. The normalized spacial score (nSPS) is 11.0. The molecule has 0 aliphatic heterocycles. The fourth-order valence-electron chi connectivity index (χ4n) is 2.83. The van der Waals surface area contributed by atoms with Gasteiger partial charge in [-0.1, -0.05) is 30.3 Å². The third-order valence-corrected chi connectivity index (χ3v) is 4.95. The first-order valence-corrected chi connectivity index (χ1v) is 10.2. The van der Waals surface area contributed by atoms with Gasteiger partial charge in [0.05, 0.1) is 29.4 Å².